The lowest BCUT2D eigenvalue weighted by Crippen LogP contribution is -1.70. The Hall–Kier alpha value is -1.93. The Morgan fingerprint density at radius 3 is 2.06 bits per heavy atom. The first-order valence-corrected chi connectivity index (χ1v) is 6.62. The molecule has 2 heteroatoms. The minimum atomic E-state index is 0.911. The Bertz CT molecular complexity index is 614. The molecule has 0 amide bonds. The van der Waals surface area contributed by atoms with E-state index in [-0.39, 0.29) is 0 Å². The van der Waals surface area contributed by atoms with Crippen LogP contribution in [-0.2, 0) is 0 Å². The van der Waals surface area contributed by atoms with E-state index < -0.39 is 0 Å². The van der Waals surface area contributed by atoms with Gasteiger partial charge < -0.3 is 4.42 Å². The van der Waals surface area contributed by atoms with E-state index in [9.17, 15) is 0 Å². The normalized spacial score (nSPS) is 10.4. The van der Waals surface area contributed by atoms with E-state index in [1.807, 2.05) is 48.5 Å². The van der Waals surface area contributed by atoms with Gasteiger partial charge in [0.25, 0.3) is 0 Å². The molecule has 0 aliphatic carbocycles. The van der Waals surface area contributed by atoms with E-state index >= 15 is 0 Å². The van der Waals surface area contributed by atoms with Crippen LogP contribution in [0.15, 0.2) is 87.2 Å². The number of hydrogen-bond acceptors (Lipinski definition) is 2. The largest absolute Gasteiger partial charge is 0.450 e. The zero-order valence-electron chi connectivity index (χ0n) is 9.74. The highest BCUT2D eigenvalue weighted by Crippen LogP contribution is 2.32. The van der Waals surface area contributed by atoms with Gasteiger partial charge in [-0.1, -0.05) is 60.3 Å². The molecule has 0 unspecified atom stereocenters. The number of hydrogen-bond donors (Lipinski definition) is 0. The van der Waals surface area contributed by atoms with Crippen LogP contribution < -0.4 is 0 Å². The predicted octanol–water partition coefficient (Wildman–Crippen LogP) is 5.10. The van der Waals surface area contributed by atoms with Crippen molar-refractivity contribution in [3.8, 4) is 11.3 Å². The Morgan fingerprint density at radius 1 is 0.667 bits per heavy atom. The molecular weight excluding hydrogens is 240 g/mol. The van der Waals surface area contributed by atoms with Crippen molar-refractivity contribution in [1.82, 2.24) is 0 Å². The minimum Gasteiger partial charge on any atom is -0.450 e. The van der Waals surface area contributed by atoms with Crippen molar-refractivity contribution in [2.75, 3.05) is 0 Å². The third-order valence-corrected chi connectivity index (χ3v) is 3.53. The van der Waals surface area contributed by atoms with E-state index in [0.29, 0.717) is 0 Å². The molecule has 88 valence electrons. The summed E-state index contributed by atoms with van der Waals surface area (Å²) >= 11 is 1.64. The predicted molar refractivity (Wildman–Crippen MR) is 74.7 cm³/mol. The Balaban J connectivity index is 1.82. The second kappa shape index (κ2) is 5.15. The maximum absolute atomic E-state index is 5.84. The molecule has 0 aliphatic rings. The van der Waals surface area contributed by atoms with Gasteiger partial charge in [0.1, 0.15) is 5.76 Å². The molecule has 0 radical (unpaired) electrons. The first kappa shape index (κ1) is 11.2. The van der Waals surface area contributed by atoms with Crippen molar-refractivity contribution < 1.29 is 4.42 Å². The monoisotopic (exact) mass is 252 g/mol. The molecule has 0 saturated heterocycles. The van der Waals surface area contributed by atoms with E-state index in [4.69, 9.17) is 4.42 Å². The molecule has 0 bridgehead atoms. The Labute approximate surface area is 110 Å². The van der Waals surface area contributed by atoms with Crippen molar-refractivity contribution in [1.29, 1.82) is 0 Å². The highest BCUT2D eigenvalue weighted by molar-refractivity contribution is 7.99. The summed E-state index contributed by atoms with van der Waals surface area (Å²) in [5, 5.41) is 0.917. The van der Waals surface area contributed by atoms with Crippen LogP contribution in [0.1, 0.15) is 0 Å². The van der Waals surface area contributed by atoms with Crippen LogP contribution in [0.4, 0.5) is 0 Å². The summed E-state index contributed by atoms with van der Waals surface area (Å²) in [6.07, 6.45) is 0. The summed E-state index contributed by atoms with van der Waals surface area (Å²) in [6, 6.07) is 24.4. The second-order valence-electron chi connectivity index (χ2n) is 3.90. The van der Waals surface area contributed by atoms with Gasteiger partial charge in [0.2, 0.25) is 0 Å². The second-order valence-corrected chi connectivity index (χ2v) is 4.98. The van der Waals surface area contributed by atoms with Gasteiger partial charge in [-0.25, -0.2) is 0 Å². The zero-order valence-corrected chi connectivity index (χ0v) is 10.6. The summed E-state index contributed by atoms with van der Waals surface area (Å²) in [7, 11) is 0. The summed E-state index contributed by atoms with van der Waals surface area (Å²) in [5.74, 6) is 0.911. The molecule has 1 heterocycles. The summed E-state index contributed by atoms with van der Waals surface area (Å²) < 4.78 is 5.84. The fraction of sp³-hybridized carbons (Fsp3) is 0. The number of benzene rings is 2. The highest BCUT2D eigenvalue weighted by Gasteiger charge is 2.05. The van der Waals surface area contributed by atoms with Gasteiger partial charge in [0.05, 0.1) is 0 Å². The van der Waals surface area contributed by atoms with Crippen LogP contribution >= 0.6 is 11.8 Å². The number of furan rings is 1. The van der Waals surface area contributed by atoms with Crippen LogP contribution in [0.25, 0.3) is 11.3 Å². The molecule has 3 rings (SSSR count). The van der Waals surface area contributed by atoms with E-state index in [2.05, 4.69) is 24.3 Å². The molecule has 0 spiro atoms. The van der Waals surface area contributed by atoms with Crippen LogP contribution in [0, 0.1) is 0 Å². The van der Waals surface area contributed by atoms with Gasteiger partial charge in [-0.3, -0.25) is 0 Å². The molecule has 2 aromatic carbocycles. The van der Waals surface area contributed by atoms with Crippen LogP contribution in [0.5, 0.6) is 0 Å². The molecule has 1 nitrogen and oxygen atoms in total. The first-order chi connectivity index (χ1) is 8.92. The van der Waals surface area contributed by atoms with Crippen molar-refractivity contribution >= 4 is 11.8 Å². The fourth-order valence-electron chi connectivity index (χ4n) is 1.74. The SMILES string of the molecule is c1ccc(Sc2ccc(-c3ccccc3)o2)cc1. The van der Waals surface area contributed by atoms with E-state index in [1.54, 1.807) is 11.8 Å². The van der Waals surface area contributed by atoms with Gasteiger partial charge in [0.15, 0.2) is 5.09 Å². The maximum Gasteiger partial charge on any atom is 0.165 e. The lowest BCUT2D eigenvalue weighted by Gasteiger charge is -1.98. The molecule has 0 fully saturated rings. The summed E-state index contributed by atoms with van der Waals surface area (Å²) in [4.78, 5) is 1.19. The summed E-state index contributed by atoms with van der Waals surface area (Å²) in [5.41, 5.74) is 1.11. The van der Waals surface area contributed by atoms with Crippen LogP contribution in [0.2, 0.25) is 0 Å². The molecule has 1 aromatic heterocycles. The molecule has 0 N–H and O–H groups in total. The van der Waals surface area contributed by atoms with Gasteiger partial charge in [-0.2, -0.15) is 0 Å². The van der Waals surface area contributed by atoms with Crippen LogP contribution in [0.3, 0.4) is 0 Å². The van der Waals surface area contributed by atoms with E-state index in [1.165, 1.54) is 4.90 Å². The van der Waals surface area contributed by atoms with Crippen molar-refractivity contribution in [3.05, 3.63) is 72.8 Å². The molecule has 0 saturated carbocycles. The summed E-state index contributed by atoms with van der Waals surface area (Å²) in [6.45, 7) is 0. The third kappa shape index (κ3) is 2.49. The smallest absolute Gasteiger partial charge is 0.165 e. The molecule has 18 heavy (non-hydrogen) atoms. The Morgan fingerprint density at radius 2 is 1.33 bits per heavy atom. The zero-order chi connectivity index (χ0) is 12.2. The van der Waals surface area contributed by atoms with E-state index in [0.717, 1.165) is 16.4 Å². The lowest BCUT2D eigenvalue weighted by atomic mass is 10.2. The van der Waals surface area contributed by atoms with Crippen molar-refractivity contribution in [2.45, 2.75) is 9.99 Å². The minimum absolute atomic E-state index is 0.911. The fourth-order valence-corrected chi connectivity index (χ4v) is 2.53. The van der Waals surface area contributed by atoms with Crippen LogP contribution in [-0.4, -0.2) is 0 Å². The van der Waals surface area contributed by atoms with Gasteiger partial charge in [-0.05, 0) is 24.3 Å². The average molecular weight is 252 g/mol. The molecular formula is C16H12OS. The quantitative estimate of drug-likeness (QED) is 0.643. The molecule has 0 aliphatic heterocycles. The average Bonchev–Trinajstić information content (AvgIpc) is 2.89. The Kier molecular flexibility index (Phi) is 3.20. The number of rotatable bonds is 3. The standard InChI is InChI=1S/C16H12OS/c1-3-7-13(8-4-1)15-11-12-16(17-15)18-14-9-5-2-6-10-14/h1-12H. The third-order valence-electron chi connectivity index (χ3n) is 2.60. The van der Waals surface area contributed by atoms with Crippen molar-refractivity contribution in [3.63, 3.8) is 0 Å². The van der Waals surface area contributed by atoms with Crippen molar-refractivity contribution in [2.24, 2.45) is 0 Å². The first-order valence-electron chi connectivity index (χ1n) is 5.80. The molecule has 3 aromatic rings. The molecule has 0 atom stereocenters. The van der Waals surface area contributed by atoms with Gasteiger partial charge >= 0.3 is 0 Å². The highest BCUT2D eigenvalue weighted by atomic mass is 32.2. The topological polar surface area (TPSA) is 13.1 Å². The maximum atomic E-state index is 5.84. The lowest BCUT2D eigenvalue weighted by molar-refractivity contribution is 0.488. The van der Waals surface area contributed by atoms with Gasteiger partial charge in [0, 0.05) is 10.5 Å². The van der Waals surface area contributed by atoms with Gasteiger partial charge in [-0.15, -0.1) is 0 Å².